The van der Waals surface area contributed by atoms with Crippen LogP contribution >= 0.6 is 11.8 Å². The van der Waals surface area contributed by atoms with E-state index in [1.807, 2.05) is 24.3 Å². The fourth-order valence-electron chi connectivity index (χ4n) is 2.20. The first kappa shape index (κ1) is 12.0. The summed E-state index contributed by atoms with van der Waals surface area (Å²) in [4.78, 5) is 7.84. The highest BCUT2D eigenvalue weighted by Gasteiger charge is 2.23. The van der Waals surface area contributed by atoms with Crippen LogP contribution in [0.1, 0.15) is 6.42 Å². The first-order valence-electron chi connectivity index (χ1n) is 6.24. The number of thioether (sulfide) groups is 1. The Balaban J connectivity index is 1.62. The van der Waals surface area contributed by atoms with Gasteiger partial charge in [-0.2, -0.15) is 0 Å². The van der Waals surface area contributed by atoms with Crippen LogP contribution in [-0.2, 0) is 4.74 Å². The van der Waals surface area contributed by atoms with E-state index in [-0.39, 0.29) is 6.04 Å². The zero-order valence-electron chi connectivity index (χ0n) is 10.1. The summed E-state index contributed by atoms with van der Waals surface area (Å²) < 4.78 is 5.37. The van der Waals surface area contributed by atoms with E-state index in [1.54, 1.807) is 11.8 Å². The quantitative estimate of drug-likeness (QED) is 0.828. The summed E-state index contributed by atoms with van der Waals surface area (Å²) in [5, 5.41) is 0.950. The van der Waals surface area contributed by atoms with E-state index in [9.17, 15) is 0 Å². The number of benzene rings is 1. The third kappa shape index (κ3) is 2.53. The molecule has 1 aliphatic heterocycles. The first-order chi connectivity index (χ1) is 8.83. The molecule has 0 radical (unpaired) electrons. The summed E-state index contributed by atoms with van der Waals surface area (Å²) >= 11 is 1.69. The third-order valence-corrected chi connectivity index (χ3v) is 4.37. The highest BCUT2D eigenvalue weighted by Crippen LogP contribution is 2.23. The number of nitrogens with two attached hydrogens (primary N) is 1. The molecule has 96 valence electrons. The van der Waals surface area contributed by atoms with Crippen molar-refractivity contribution in [3.63, 3.8) is 0 Å². The molecule has 18 heavy (non-hydrogen) atoms. The Bertz CT molecular complexity index is 489. The van der Waals surface area contributed by atoms with Gasteiger partial charge in [-0.15, -0.1) is 0 Å². The molecule has 0 bridgehead atoms. The van der Waals surface area contributed by atoms with Gasteiger partial charge in [-0.05, 0) is 18.6 Å². The number of aromatic amines is 1. The van der Waals surface area contributed by atoms with Crippen LogP contribution in [0.2, 0.25) is 0 Å². The molecule has 3 rings (SSSR count). The van der Waals surface area contributed by atoms with Gasteiger partial charge >= 0.3 is 0 Å². The van der Waals surface area contributed by atoms with Gasteiger partial charge in [-0.1, -0.05) is 23.9 Å². The molecule has 1 aromatic heterocycles. The number of hydrogen-bond acceptors (Lipinski definition) is 4. The Morgan fingerprint density at radius 3 is 3.17 bits per heavy atom. The highest BCUT2D eigenvalue weighted by atomic mass is 32.2. The molecule has 4 nitrogen and oxygen atoms in total. The summed E-state index contributed by atoms with van der Waals surface area (Å²) in [6.45, 7) is 1.66. The number of fused-ring (bicyclic) bond motifs is 1. The minimum absolute atomic E-state index is 0.186. The van der Waals surface area contributed by atoms with Crippen LogP contribution in [0.15, 0.2) is 29.4 Å². The zero-order chi connectivity index (χ0) is 12.4. The minimum atomic E-state index is 0.186. The van der Waals surface area contributed by atoms with Crippen LogP contribution in [0.3, 0.4) is 0 Å². The molecule has 5 heteroatoms. The smallest absolute Gasteiger partial charge is 0.166 e. The second-order valence-corrected chi connectivity index (χ2v) is 5.67. The van der Waals surface area contributed by atoms with Gasteiger partial charge in [-0.25, -0.2) is 4.98 Å². The standard InChI is InChI=1S/C13H17N3OS/c14-10(9-5-6-17-7-9)8-18-13-15-11-3-1-2-4-12(11)16-13/h1-4,9-10H,5-8,14H2,(H,15,16). The molecule has 2 heterocycles. The van der Waals surface area contributed by atoms with Crippen LogP contribution in [0.4, 0.5) is 0 Å². The Labute approximate surface area is 110 Å². The normalized spacial score (nSPS) is 21.5. The van der Waals surface area contributed by atoms with E-state index in [0.717, 1.165) is 41.6 Å². The second kappa shape index (κ2) is 5.30. The molecule has 1 saturated heterocycles. The lowest BCUT2D eigenvalue weighted by Crippen LogP contribution is -2.32. The fourth-order valence-corrected chi connectivity index (χ4v) is 3.17. The van der Waals surface area contributed by atoms with Gasteiger partial charge in [0.1, 0.15) is 0 Å². The molecule has 1 aliphatic rings. The number of ether oxygens (including phenoxy) is 1. The molecule has 1 aromatic carbocycles. The van der Waals surface area contributed by atoms with Crippen molar-refractivity contribution in [3.8, 4) is 0 Å². The molecule has 3 N–H and O–H groups in total. The number of nitrogens with one attached hydrogen (secondary N) is 1. The van der Waals surface area contributed by atoms with Crippen LogP contribution < -0.4 is 5.73 Å². The van der Waals surface area contributed by atoms with Crippen LogP contribution in [0, 0.1) is 5.92 Å². The Morgan fingerprint density at radius 2 is 2.39 bits per heavy atom. The molecule has 2 atom stereocenters. The molecule has 0 aliphatic carbocycles. The number of aromatic nitrogens is 2. The van der Waals surface area contributed by atoms with Crippen LogP contribution in [-0.4, -0.2) is 35.0 Å². The number of H-pyrrole nitrogens is 1. The third-order valence-electron chi connectivity index (χ3n) is 3.35. The Hall–Kier alpha value is -1.04. The van der Waals surface area contributed by atoms with Gasteiger partial charge in [0.05, 0.1) is 17.6 Å². The van der Waals surface area contributed by atoms with Crippen molar-refractivity contribution in [2.24, 2.45) is 11.7 Å². The number of para-hydroxylation sites is 2. The van der Waals surface area contributed by atoms with E-state index in [2.05, 4.69) is 9.97 Å². The van der Waals surface area contributed by atoms with Gasteiger partial charge in [0.2, 0.25) is 0 Å². The first-order valence-corrected chi connectivity index (χ1v) is 7.22. The van der Waals surface area contributed by atoms with E-state index in [1.165, 1.54) is 0 Å². The molecule has 1 fully saturated rings. The van der Waals surface area contributed by atoms with Crippen LogP contribution in [0.5, 0.6) is 0 Å². The van der Waals surface area contributed by atoms with Gasteiger partial charge in [0.25, 0.3) is 0 Å². The SMILES string of the molecule is NC(CSc1nc2ccccc2[nH]1)C1CCOC1. The number of nitrogens with zero attached hydrogens (tertiary/aromatic N) is 1. The van der Waals surface area contributed by atoms with E-state index < -0.39 is 0 Å². The Morgan fingerprint density at radius 1 is 1.50 bits per heavy atom. The predicted molar refractivity (Wildman–Crippen MR) is 73.7 cm³/mol. The number of imidazole rings is 1. The number of rotatable bonds is 4. The Kier molecular flexibility index (Phi) is 3.54. The van der Waals surface area contributed by atoms with Crippen molar-refractivity contribution in [1.82, 2.24) is 9.97 Å². The molecule has 0 spiro atoms. The van der Waals surface area contributed by atoms with Crippen molar-refractivity contribution in [2.75, 3.05) is 19.0 Å². The van der Waals surface area contributed by atoms with E-state index in [0.29, 0.717) is 5.92 Å². The van der Waals surface area contributed by atoms with Gasteiger partial charge in [0, 0.05) is 24.3 Å². The molecule has 2 unspecified atom stereocenters. The largest absolute Gasteiger partial charge is 0.381 e. The monoisotopic (exact) mass is 263 g/mol. The van der Waals surface area contributed by atoms with Crippen molar-refractivity contribution < 1.29 is 4.74 Å². The number of hydrogen-bond donors (Lipinski definition) is 2. The summed E-state index contributed by atoms with van der Waals surface area (Å²) in [6.07, 6.45) is 1.09. The lowest BCUT2D eigenvalue weighted by atomic mass is 10.0. The summed E-state index contributed by atoms with van der Waals surface area (Å²) in [6, 6.07) is 8.25. The van der Waals surface area contributed by atoms with Gasteiger partial charge in [0.15, 0.2) is 5.16 Å². The predicted octanol–water partition coefficient (Wildman–Crippen LogP) is 2.02. The van der Waals surface area contributed by atoms with E-state index >= 15 is 0 Å². The maximum Gasteiger partial charge on any atom is 0.166 e. The van der Waals surface area contributed by atoms with Crippen molar-refractivity contribution >= 4 is 22.8 Å². The van der Waals surface area contributed by atoms with Gasteiger partial charge in [-0.3, -0.25) is 0 Å². The van der Waals surface area contributed by atoms with E-state index in [4.69, 9.17) is 10.5 Å². The van der Waals surface area contributed by atoms with Crippen molar-refractivity contribution in [1.29, 1.82) is 0 Å². The highest BCUT2D eigenvalue weighted by molar-refractivity contribution is 7.99. The summed E-state index contributed by atoms with van der Waals surface area (Å²) in [7, 11) is 0. The minimum Gasteiger partial charge on any atom is -0.381 e. The molecule has 0 amide bonds. The van der Waals surface area contributed by atoms with Crippen molar-refractivity contribution in [2.45, 2.75) is 17.6 Å². The maximum absolute atomic E-state index is 6.18. The average Bonchev–Trinajstić information content (AvgIpc) is 3.04. The molecular formula is C13H17N3OS. The average molecular weight is 263 g/mol. The lowest BCUT2D eigenvalue weighted by molar-refractivity contribution is 0.182. The van der Waals surface area contributed by atoms with Gasteiger partial charge < -0.3 is 15.5 Å². The van der Waals surface area contributed by atoms with Crippen LogP contribution in [0.25, 0.3) is 11.0 Å². The maximum atomic E-state index is 6.18. The second-order valence-electron chi connectivity index (χ2n) is 4.66. The topological polar surface area (TPSA) is 63.9 Å². The molecular weight excluding hydrogens is 246 g/mol. The summed E-state index contributed by atoms with van der Waals surface area (Å²) in [5.74, 6) is 1.38. The molecule has 2 aromatic rings. The fraction of sp³-hybridized carbons (Fsp3) is 0.462. The molecule has 0 saturated carbocycles. The lowest BCUT2D eigenvalue weighted by Gasteiger charge is -2.15. The van der Waals surface area contributed by atoms with Crippen molar-refractivity contribution in [3.05, 3.63) is 24.3 Å². The summed E-state index contributed by atoms with van der Waals surface area (Å²) in [5.41, 5.74) is 8.27. The zero-order valence-corrected chi connectivity index (χ0v) is 11.0.